The summed E-state index contributed by atoms with van der Waals surface area (Å²) >= 11 is 0. The molecule has 1 heterocycles. The van der Waals surface area contributed by atoms with E-state index in [0.29, 0.717) is 6.07 Å². The lowest BCUT2D eigenvalue weighted by Crippen LogP contribution is -2.32. The van der Waals surface area contributed by atoms with Crippen LogP contribution < -0.4 is 5.73 Å². The van der Waals surface area contributed by atoms with Crippen LogP contribution in [0.2, 0.25) is 0 Å². The fraction of sp³-hybridized carbons (Fsp3) is 0.462. The molecule has 1 aliphatic heterocycles. The highest BCUT2D eigenvalue weighted by Gasteiger charge is 2.42. The van der Waals surface area contributed by atoms with Crippen LogP contribution in [0.25, 0.3) is 0 Å². The van der Waals surface area contributed by atoms with Gasteiger partial charge in [-0.3, -0.25) is 4.79 Å². The van der Waals surface area contributed by atoms with Crippen LogP contribution in [0.5, 0.6) is 0 Å². The summed E-state index contributed by atoms with van der Waals surface area (Å²) < 4.78 is 57.5. The third-order valence-electron chi connectivity index (χ3n) is 3.67. The number of carbonyl (C=O) groups excluding carboxylic acids is 1. The van der Waals surface area contributed by atoms with E-state index in [0.717, 1.165) is 16.4 Å². The van der Waals surface area contributed by atoms with Gasteiger partial charge in [0.25, 0.3) is 0 Å². The van der Waals surface area contributed by atoms with Crippen molar-refractivity contribution in [1.82, 2.24) is 4.31 Å². The summed E-state index contributed by atoms with van der Waals surface area (Å²) in [4.78, 5) is 10.8. The van der Waals surface area contributed by atoms with Gasteiger partial charge in [-0.15, -0.1) is 0 Å². The van der Waals surface area contributed by atoms with Crippen LogP contribution in [-0.2, 0) is 19.6 Å². The summed E-state index contributed by atoms with van der Waals surface area (Å²) in [5, 5.41) is 0. The van der Waals surface area contributed by atoms with E-state index < -0.39 is 44.3 Å². The van der Waals surface area contributed by atoms with Crippen LogP contribution in [0.15, 0.2) is 23.1 Å². The molecule has 0 saturated carbocycles. The molecule has 2 atom stereocenters. The van der Waals surface area contributed by atoms with E-state index in [1.165, 1.54) is 7.11 Å². The minimum Gasteiger partial charge on any atom is -0.384 e. The number of carbonyl (C=O) groups is 1. The zero-order valence-electron chi connectivity index (χ0n) is 11.8. The molecular formula is C13H16F2N2O4S. The van der Waals surface area contributed by atoms with Gasteiger partial charge in [0, 0.05) is 32.2 Å². The molecule has 0 spiro atoms. The molecule has 0 bridgehead atoms. The van der Waals surface area contributed by atoms with Gasteiger partial charge in [0.05, 0.1) is 12.5 Å². The lowest BCUT2D eigenvalue weighted by molar-refractivity contribution is -0.122. The fourth-order valence-electron chi connectivity index (χ4n) is 2.56. The van der Waals surface area contributed by atoms with Gasteiger partial charge in [-0.2, -0.15) is 4.31 Å². The molecule has 1 aromatic rings. The molecule has 0 aromatic heterocycles. The number of methoxy groups -OCH3 is 1. The number of nitrogens with zero attached hydrogens (tertiary/aromatic N) is 1. The first-order valence-corrected chi connectivity index (χ1v) is 7.95. The van der Waals surface area contributed by atoms with Crippen LogP contribution in [0.3, 0.4) is 0 Å². The number of sulfonamides is 1. The summed E-state index contributed by atoms with van der Waals surface area (Å²) in [6, 6.07) is 2.23. The average molecular weight is 334 g/mol. The second kappa shape index (κ2) is 6.27. The van der Waals surface area contributed by atoms with Crippen LogP contribution in [-0.4, -0.2) is 45.4 Å². The molecule has 0 aliphatic carbocycles. The molecular weight excluding hydrogens is 318 g/mol. The molecule has 1 amide bonds. The summed E-state index contributed by atoms with van der Waals surface area (Å²) in [6.45, 7) is -0.00532. The quantitative estimate of drug-likeness (QED) is 0.840. The van der Waals surface area contributed by atoms with Crippen molar-refractivity contribution in [2.24, 2.45) is 17.6 Å². The van der Waals surface area contributed by atoms with Crippen LogP contribution in [0.1, 0.15) is 0 Å². The van der Waals surface area contributed by atoms with Gasteiger partial charge < -0.3 is 10.5 Å². The molecule has 1 aliphatic rings. The molecule has 1 aromatic carbocycles. The Bertz CT molecular complexity index is 681. The van der Waals surface area contributed by atoms with E-state index in [2.05, 4.69) is 0 Å². The Morgan fingerprint density at radius 2 is 2.09 bits per heavy atom. The largest absolute Gasteiger partial charge is 0.384 e. The van der Waals surface area contributed by atoms with Crippen molar-refractivity contribution in [3.8, 4) is 0 Å². The Kier molecular flexibility index (Phi) is 4.78. The Morgan fingerprint density at radius 3 is 2.64 bits per heavy atom. The van der Waals surface area contributed by atoms with Crippen LogP contribution in [0, 0.1) is 23.5 Å². The van der Waals surface area contributed by atoms with E-state index in [4.69, 9.17) is 10.5 Å². The SMILES string of the molecule is COC[C@@H]1CN(S(=O)(=O)c2ccc(F)cc2F)C[C@H]1C(N)=O. The molecule has 22 heavy (non-hydrogen) atoms. The van der Waals surface area contributed by atoms with Gasteiger partial charge in [-0.05, 0) is 12.1 Å². The van der Waals surface area contributed by atoms with Gasteiger partial charge >= 0.3 is 0 Å². The van der Waals surface area contributed by atoms with Gasteiger partial charge in [0.1, 0.15) is 16.5 Å². The van der Waals surface area contributed by atoms with Crippen molar-refractivity contribution in [2.45, 2.75) is 4.90 Å². The Morgan fingerprint density at radius 1 is 1.41 bits per heavy atom. The predicted octanol–water partition coefficient (Wildman–Crippen LogP) is 0.333. The van der Waals surface area contributed by atoms with Crippen molar-refractivity contribution < 1.29 is 26.7 Å². The second-order valence-electron chi connectivity index (χ2n) is 5.12. The number of nitrogens with two attached hydrogens (primary N) is 1. The minimum atomic E-state index is -4.18. The maximum Gasteiger partial charge on any atom is 0.246 e. The molecule has 2 N–H and O–H groups in total. The van der Waals surface area contributed by atoms with E-state index in [9.17, 15) is 22.0 Å². The lowest BCUT2D eigenvalue weighted by atomic mass is 9.96. The number of benzene rings is 1. The topological polar surface area (TPSA) is 89.7 Å². The Labute approximate surface area is 126 Å². The lowest BCUT2D eigenvalue weighted by Gasteiger charge is -2.16. The first kappa shape index (κ1) is 16.8. The number of halogens is 2. The Balaban J connectivity index is 2.32. The van der Waals surface area contributed by atoms with Gasteiger partial charge in [0.15, 0.2) is 0 Å². The number of rotatable bonds is 5. The minimum absolute atomic E-state index is 0.0133. The zero-order chi connectivity index (χ0) is 16.5. The van der Waals surface area contributed by atoms with Crippen molar-refractivity contribution >= 4 is 15.9 Å². The maximum absolute atomic E-state index is 13.7. The van der Waals surface area contributed by atoms with Gasteiger partial charge in [-0.25, -0.2) is 17.2 Å². The maximum atomic E-state index is 13.7. The normalized spacial score (nSPS) is 22.9. The first-order valence-electron chi connectivity index (χ1n) is 6.50. The predicted molar refractivity (Wildman–Crippen MR) is 73.2 cm³/mol. The fourth-order valence-corrected chi connectivity index (χ4v) is 4.12. The molecule has 0 radical (unpaired) electrons. The molecule has 6 nitrogen and oxygen atoms in total. The van der Waals surface area contributed by atoms with E-state index in [1.807, 2.05) is 0 Å². The summed E-state index contributed by atoms with van der Waals surface area (Å²) in [6.07, 6.45) is 0. The standard InChI is InChI=1S/C13H16F2N2O4S/c1-21-7-8-5-17(6-10(8)13(16)18)22(19,20)12-3-2-9(14)4-11(12)15/h2-4,8,10H,5-7H2,1H3,(H2,16,18)/t8-,10+/m0/s1. The van der Waals surface area contributed by atoms with Crippen molar-refractivity contribution in [3.63, 3.8) is 0 Å². The monoisotopic (exact) mass is 334 g/mol. The number of ether oxygens (including phenoxy) is 1. The smallest absolute Gasteiger partial charge is 0.246 e. The number of amides is 1. The highest BCUT2D eigenvalue weighted by Crippen LogP contribution is 2.30. The zero-order valence-corrected chi connectivity index (χ0v) is 12.6. The third-order valence-corrected chi connectivity index (χ3v) is 5.53. The van der Waals surface area contributed by atoms with Crippen molar-refractivity contribution in [3.05, 3.63) is 29.8 Å². The number of hydrogen-bond acceptors (Lipinski definition) is 4. The molecule has 2 rings (SSSR count). The van der Waals surface area contributed by atoms with Gasteiger partial charge in [0.2, 0.25) is 15.9 Å². The summed E-state index contributed by atoms with van der Waals surface area (Å²) in [5.74, 6) is -3.80. The molecule has 122 valence electrons. The van der Waals surface area contributed by atoms with Crippen LogP contribution in [0.4, 0.5) is 8.78 Å². The molecule has 0 unspecified atom stereocenters. The molecule has 1 fully saturated rings. The van der Waals surface area contributed by atoms with Crippen molar-refractivity contribution in [2.75, 3.05) is 26.8 Å². The third kappa shape index (κ3) is 3.11. The van der Waals surface area contributed by atoms with E-state index in [-0.39, 0.29) is 19.7 Å². The van der Waals surface area contributed by atoms with Gasteiger partial charge in [-0.1, -0.05) is 0 Å². The van der Waals surface area contributed by atoms with E-state index in [1.54, 1.807) is 0 Å². The summed E-state index contributed by atoms with van der Waals surface area (Å²) in [5.41, 5.74) is 5.27. The number of hydrogen-bond donors (Lipinski definition) is 1. The summed E-state index contributed by atoms with van der Waals surface area (Å²) in [7, 11) is -2.75. The number of primary amides is 1. The Hall–Kier alpha value is -1.58. The van der Waals surface area contributed by atoms with E-state index >= 15 is 0 Å². The molecule has 9 heteroatoms. The highest BCUT2D eigenvalue weighted by atomic mass is 32.2. The first-order chi connectivity index (χ1) is 10.3. The van der Waals surface area contributed by atoms with Crippen LogP contribution >= 0.6 is 0 Å². The highest BCUT2D eigenvalue weighted by molar-refractivity contribution is 7.89. The average Bonchev–Trinajstić information content (AvgIpc) is 2.83. The second-order valence-corrected chi connectivity index (χ2v) is 7.03. The molecule has 1 saturated heterocycles. The van der Waals surface area contributed by atoms with Crippen molar-refractivity contribution in [1.29, 1.82) is 0 Å².